The van der Waals surface area contributed by atoms with Crippen LogP contribution in [0, 0.1) is 11.3 Å². The van der Waals surface area contributed by atoms with E-state index in [4.69, 9.17) is 25.8 Å². The third-order valence-electron chi connectivity index (χ3n) is 8.22. The first-order chi connectivity index (χ1) is 18.6. The summed E-state index contributed by atoms with van der Waals surface area (Å²) in [6, 6.07) is 14.2. The standard InChI is InChI=1S/C32H36ClNO5/c1-31(2,3)29(38-5)24-13-19(8-11-22(24)23-15-28(37-4)34-17-27(23)33)18-39-21-10-9-20-7-6-12-32(25(20)14-21)16-26(32)30(35)36/h8-11,13-15,17,26,29H,6-7,12,16,18H2,1-5H3,(H,35,36)/t26-,29-,32-/m1/s1. The molecule has 2 aromatic carbocycles. The molecule has 2 aliphatic carbocycles. The molecule has 6 nitrogen and oxygen atoms in total. The van der Waals surface area contributed by atoms with Crippen molar-refractivity contribution in [2.75, 3.05) is 14.2 Å². The molecule has 206 valence electrons. The molecule has 39 heavy (non-hydrogen) atoms. The number of carboxylic acids is 1. The van der Waals surface area contributed by atoms with E-state index >= 15 is 0 Å². The Balaban J connectivity index is 1.46. The summed E-state index contributed by atoms with van der Waals surface area (Å²) in [7, 11) is 3.31. The number of halogens is 1. The van der Waals surface area contributed by atoms with Crippen LogP contribution in [0.15, 0.2) is 48.7 Å². The van der Waals surface area contributed by atoms with E-state index in [1.54, 1.807) is 20.4 Å². The molecule has 0 aliphatic heterocycles. The molecule has 0 amide bonds. The van der Waals surface area contributed by atoms with Crippen LogP contribution in [-0.4, -0.2) is 30.3 Å². The van der Waals surface area contributed by atoms with Crippen LogP contribution in [0.5, 0.6) is 11.6 Å². The van der Waals surface area contributed by atoms with Gasteiger partial charge in [-0.15, -0.1) is 0 Å². The van der Waals surface area contributed by atoms with Gasteiger partial charge in [0.05, 0.1) is 30.4 Å². The van der Waals surface area contributed by atoms with E-state index in [9.17, 15) is 9.90 Å². The molecule has 3 atom stereocenters. The maximum Gasteiger partial charge on any atom is 0.307 e. The third-order valence-corrected chi connectivity index (χ3v) is 8.52. The minimum Gasteiger partial charge on any atom is -0.489 e. The molecule has 0 radical (unpaired) electrons. The summed E-state index contributed by atoms with van der Waals surface area (Å²) in [4.78, 5) is 16.0. The van der Waals surface area contributed by atoms with E-state index in [1.807, 2.05) is 18.2 Å². The number of aromatic nitrogens is 1. The lowest BCUT2D eigenvalue weighted by molar-refractivity contribution is -0.139. The Hall–Kier alpha value is -3.09. The molecule has 0 bridgehead atoms. The van der Waals surface area contributed by atoms with Crippen molar-refractivity contribution in [2.24, 2.45) is 11.3 Å². The molecular formula is C32H36ClNO5. The van der Waals surface area contributed by atoms with Crippen molar-refractivity contribution in [2.45, 2.75) is 64.6 Å². The number of nitrogens with zero attached hydrogens (tertiary/aromatic N) is 1. The van der Waals surface area contributed by atoms with E-state index in [1.165, 1.54) is 5.56 Å². The van der Waals surface area contributed by atoms with Gasteiger partial charge in [-0.3, -0.25) is 4.79 Å². The fourth-order valence-corrected chi connectivity index (χ4v) is 6.48. The highest BCUT2D eigenvalue weighted by Gasteiger charge is 2.60. The molecule has 1 fully saturated rings. The first-order valence-corrected chi connectivity index (χ1v) is 13.8. The highest BCUT2D eigenvalue weighted by molar-refractivity contribution is 6.33. The van der Waals surface area contributed by atoms with Crippen LogP contribution >= 0.6 is 11.6 Å². The normalized spacial score (nSPS) is 20.8. The number of hydrogen-bond acceptors (Lipinski definition) is 5. The van der Waals surface area contributed by atoms with Gasteiger partial charge < -0.3 is 19.3 Å². The van der Waals surface area contributed by atoms with Gasteiger partial charge in [-0.25, -0.2) is 4.98 Å². The third kappa shape index (κ3) is 5.24. The van der Waals surface area contributed by atoms with Crippen molar-refractivity contribution in [1.29, 1.82) is 0 Å². The summed E-state index contributed by atoms with van der Waals surface area (Å²) < 4.78 is 17.7. The average Bonchev–Trinajstić information content (AvgIpc) is 3.63. The molecular weight excluding hydrogens is 514 g/mol. The maximum absolute atomic E-state index is 11.7. The lowest BCUT2D eigenvalue weighted by Crippen LogP contribution is -2.21. The average molecular weight is 550 g/mol. The Labute approximate surface area is 235 Å². The number of rotatable bonds is 8. The Morgan fingerprint density at radius 1 is 1.15 bits per heavy atom. The number of pyridine rings is 1. The molecule has 5 rings (SSSR count). The van der Waals surface area contributed by atoms with Gasteiger partial charge in [-0.1, -0.05) is 50.6 Å². The van der Waals surface area contributed by atoms with Crippen LogP contribution in [0.25, 0.3) is 11.1 Å². The number of benzene rings is 2. The minimum absolute atomic E-state index is 0.176. The van der Waals surface area contributed by atoms with Crippen LogP contribution in [0.2, 0.25) is 5.02 Å². The van der Waals surface area contributed by atoms with Gasteiger partial charge in [0.15, 0.2) is 0 Å². The van der Waals surface area contributed by atoms with Crippen LogP contribution in [-0.2, 0) is 28.0 Å². The second-order valence-corrected chi connectivity index (χ2v) is 12.2. The summed E-state index contributed by atoms with van der Waals surface area (Å²) in [6.45, 7) is 6.81. The lowest BCUT2D eigenvalue weighted by atomic mass is 9.78. The Bertz CT molecular complexity index is 1400. The zero-order valence-electron chi connectivity index (χ0n) is 23.2. The highest BCUT2D eigenvalue weighted by Crippen LogP contribution is 2.60. The molecule has 1 heterocycles. The van der Waals surface area contributed by atoms with E-state index in [-0.39, 0.29) is 22.9 Å². The van der Waals surface area contributed by atoms with Gasteiger partial charge in [-0.2, -0.15) is 0 Å². The molecule has 0 saturated heterocycles. The number of aryl methyl sites for hydroxylation is 1. The summed E-state index contributed by atoms with van der Waals surface area (Å²) >= 11 is 6.60. The number of aliphatic carboxylic acids is 1. The largest absolute Gasteiger partial charge is 0.489 e. The lowest BCUT2D eigenvalue weighted by Gasteiger charge is -2.32. The predicted molar refractivity (Wildman–Crippen MR) is 152 cm³/mol. The number of ether oxygens (including phenoxy) is 3. The van der Waals surface area contributed by atoms with E-state index in [0.29, 0.717) is 17.5 Å². The zero-order valence-corrected chi connectivity index (χ0v) is 24.0. The second kappa shape index (κ2) is 10.5. The molecule has 1 saturated carbocycles. The first kappa shape index (κ1) is 27.5. The maximum atomic E-state index is 11.7. The van der Waals surface area contributed by atoms with Crippen LogP contribution in [0.4, 0.5) is 0 Å². The summed E-state index contributed by atoms with van der Waals surface area (Å²) in [5, 5.41) is 10.2. The number of hydrogen-bond donors (Lipinski definition) is 1. The van der Waals surface area contributed by atoms with Gasteiger partial charge in [0, 0.05) is 24.2 Å². The second-order valence-electron chi connectivity index (χ2n) is 11.8. The number of methoxy groups -OCH3 is 2. The fraction of sp³-hybridized carbons (Fsp3) is 0.438. The zero-order chi connectivity index (χ0) is 27.9. The minimum atomic E-state index is -0.694. The van der Waals surface area contributed by atoms with Gasteiger partial charge in [0.2, 0.25) is 5.88 Å². The highest BCUT2D eigenvalue weighted by atomic mass is 35.5. The molecule has 1 N–H and O–H groups in total. The van der Waals surface area contributed by atoms with Crippen molar-refractivity contribution in [3.8, 4) is 22.8 Å². The molecule has 3 aromatic rings. The van der Waals surface area contributed by atoms with Gasteiger partial charge >= 0.3 is 5.97 Å². The van der Waals surface area contributed by atoms with Crippen molar-refractivity contribution in [1.82, 2.24) is 4.98 Å². The quantitative estimate of drug-likeness (QED) is 0.315. The number of carbonyl (C=O) groups is 1. The Morgan fingerprint density at radius 2 is 1.95 bits per heavy atom. The van der Waals surface area contributed by atoms with Crippen molar-refractivity contribution in [3.05, 3.63) is 75.9 Å². The van der Waals surface area contributed by atoms with Crippen LogP contribution in [0.1, 0.15) is 68.4 Å². The predicted octanol–water partition coefficient (Wildman–Crippen LogP) is 7.40. The fourth-order valence-electron chi connectivity index (χ4n) is 6.27. The van der Waals surface area contributed by atoms with E-state index in [2.05, 4.69) is 50.0 Å². The van der Waals surface area contributed by atoms with Crippen LogP contribution in [0.3, 0.4) is 0 Å². The molecule has 0 unspecified atom stereocenters. The topological polar surface area (TPSA) is 77.9 Å². The monoisotopic (exact) mass is 549 g/mol. The van der Waals surface area contributed by atoms with Crippen molar-refractivity contribution < 1.29 is 24.1 Å². The molecule has 1 aromatic heterocycles. The SMILES string of the molecule is COc1cc(-c2ccc(COc3ccc4c(c3)[C@@]3(CCC4)C[C@@H]3C(=O)O)cc2[C@@H](OC)C(C)(C)C)c(Cl)cn1. The summed E-state index contributed by atoms with van der Waals surface area (Å²) in [6.07, 6.45) is 5.08. The van der Waals surface area contributed by atoms with Gasteiger partial charge in [0.25, 0.3) is 0 Å². The Morgan fingerprint density at radius 3 is 2.62 bits per heavy atom. The van der Waals surface area contributed by atoms with Gasteiger partial charge in [-0.05, 0) is 77.1 Å². The van der Waals surface area contributed by atoms with E-state index in [0.717, 1.165) is 59.3 Å². The number of carboxylic acid groups (broad SMARTS) is 1. The first-order valence-electron chi connectivity index (χ1n) is 13.4. The molecule has 2 aliphatic rings. The molecule has 7 heteroatoms. The van der Waals surface area contributed by atoms with Crippen molar-refractivity contribution in [3.63, 3.8) is 0 Å². The summed E-state index contributed by atoms with van der Waals surface area (Å²) in [5.41, 5.74) is 5.80. The Kier molecular flexibility index (Phi) is 7.38. The van der Waals surface area contributed by atoms with Gasteiger partial charge in [0.1, 0.15) is 12.4 Å². The van der Waals surface area contributed by atoms with Crippen molar-refractivity contribution >= 4 is 17.6 Å². The number of fused-ring (bicyclic) bond motifs is 2. The molecule has 1 spiro atoms. The summed E-state index contributed by atoms with van der Waals surface area (Å²) in [5.74, 6) is 0.269. The smallest absolute Gasteiger partial charge is 0.307 e. The van der Waals surface area contributed by atoms with Crippen LogP contribution < -0.4 is 9.47 Å². The van der Waals surface area contributed by atoms with E-state index < -0.39 is 5.97 Å².